The van der Waals surface area contributed by atoms with Crippen molar-refractivity contribution < 1.29 is 4.42 Å². The third-order valence-electron chi connectivity index (χ3n) is 13.3. The average molecular weight is 756 g/mol. The van der Waals surface area contributed by atoms with Gasteiger partial charge < -0.3 is 9.32 Å². The topological polar surface area (TPSA) is 16.4 Å². The number of anilines is 3. The molecule has 58 heavy (non-hydrogen) atoms. The SMILES string of the molecule is CC(C)(C)c1cc(C(C)(C)C)c2oc3ccc4c(c3c2c1)C(C)(C)c1cccc(N(c2ccc(-c3ccccc3)cc2)c2ccc3c(c2)C(C)(C)c2ccccc2-3)c1-4. The molecule has 2 nitrogen and oxygen atoms in total. The predicted molar refractivity (Wildman–Crippen MR) is 246 cm³/mol. The van der Waals surface area contributed by atoms with Crippen molar-refractivity contribution in [1.29, 1.82) is 0 Å². The van der Waals surface area contributed by atoms with Crippen molar-refractivity contribution in [2.45, 2.75) is 90.9 Å². The van der Waals surface area contributed by atoms with E-state index in [0.717, 1.165) is 22.5 Å². The monoisotopic (exact) mass is 755 g/mol. The number of nitrogens with zero attached hydrogens (tertiary/aromatic N) is 1. The highest BCUT2D eigenvalue weighted by molar-refractivity contribution is 6.13. The molecule has 7 aromatic carbocycles. The van der Waals surface area contributed by atoms with Crippen molar-refractivity contribution in [2.75, 3.05) is 4.90 Å². The molecule has 0 radical (unpaired) electrons. The fourth-order valence-electron chi connectivity index (χ4n) is 10.2. The molecule has 2 aliphatic carbocycles. The molecule has 2 aliphatic rings. The molecule has 0 fully saturated rings. The molecular weight excluding hydrogens is 703 g/mol. The molecule has 10 rings (SSSR count). The van der Waals surface area contributed by atoms with Crippen LogP contribution in [0.4, 0.5) is 17.1 Å². The first kappa shape index (κ1) is 36.5. The summed E-state index contributed by atoms with van der Waals surface area (Å²) in [5, 5.41) is 2.47. The Morgan fingerprint density at radius 1 is 0.500 bits per heavy atom. The van der Waals surface area contributed by atoms with Crippen LogP contribution in [-0.4, -0.2) is 0 Å². The van der Waals surface area contributed by atoms with Gasteiger partial charge in [-0.15, -0.1) is 0 Å². The highest BCUT2D eigenvalue weighted by Gasteiger charge is 2.42. The zero-order chi connectivity index (χ0) is 40.5. The van der Waals surface area contributed by atoms with Crippen LogP contribution in [-0.2, 0) is 21.7 Å². The van der Waals surface area contributed by atoms with Crippen molar-refractivity contribution in [1.82, 2.24) is 0 Å². The number of rotatable bonds is 4. The van der Waals surface area contributed by atoms with Crippen molar-refractivity contribution in [2.24, 2.45) is 0 Å². The molecule has 8 aromatic rings. The zero-order valence-electron chi connectivity index (χ0n) is 35.6. The van der Waals surface area contributed by atoms with Crippen LogP contribution in [0.2, 0.25) is 0 Å². The molecule has 0 saturated carbocycles. The molecule has 0 N–H and O–H groups in total. The first-order chi connectivity index (χ1) is 27.5. The molecule has 0 amide bonds. The molecule has 0 saturated heterocycles. The van der Waals surface area contributed by atoms with Gasteiger partial charge in [-0.25, -0.2) is 0 Å². The number of hydrogen-bond donors (Lipinski definition) is 0. The molecule has 0 aliphatic heterocycles. The van der Waals surface area contributed by atoms with E-state index in [1.807, 2.05) is 0 Å². The lowest BCUT2D eigenvalue weighted by atomic mass is 9.77. The van der Waals surface area contributed by atoms with E-state index in [9.17, 15) is 0 Å². The Morgan fingerprint density at radius 2 is 1.14 bits per heavy atom. The van der Waals surface area contributed by atoms with Gasteiger partial charge in [-0.2, -0.15) is 0 Å². The number of hydrogen-bond acceptors (Lipinski definition) is 2. The van der Waals surface area contributed by atoms with E-state index in [0.29, 0.717) is 0 Å². The summed E-state index contributed by atoms with van der Waals surface area (Å²) < 4.78 is 6.94. The molecule has 0 bridgehead atoms. The molecule has 1 aromatic heterocycles. The Morgan fingerprint density at radius 3 is 1.86 bits per heavy atom. The number of benzene rings is 7. The van der Waals surface area contributed by atoms with Crippen LogP contribution in [0.15, 0.2) is 144 Å². The van der Waals surface area contributed by atoms with E-state index < -0.39 is 0 Å². The Hall–Kier alpha value is -5.86. The maximum absolute atomic E-state index is 6.94. The Kier molecular flexibility index (Phi) is 7.75. The van der Waals surface area contributed by atoms with Gasteiger partial charge in [0.25, 0.3) is 0 Å². The number of furan rings is 1. The fourth-order valence-corrected chi connectivity index (χ4v) is 10.2. The molecule has 1 heterocycles. The molecule has 288 valence electrons. The van der Waals surface area contributed by atoms with Gasteiger partial charge in [-0.05, 0) is 109 Å². The van der Waals surface area contributed by atoms with Crippen molar-refractivity contribution in [3.05, 3.63) is 173 Å². The average Bonchev–Trinajstić information content (AvgIpc) is 3.77. The van der Waals surface area contributed by atoms with Crippen LogP contribution < -0.4 is 4.90 Å². The van der Waals surface area contributed by atoms with Gasteiger partial charge in [0.15, 0.2) is 0 Å². The van der Waals surface area contributed by atoms with Gasteiger partial charge in [0, 0.05) is 44.1 Å². The van der Waals surface area contributed by atoms with Crippen molar-refractivity contribution >= 4 is 39.0 Å². The summed E-state index contributed by atoms with van der Waals surface area (Å²) in [6.45, 7) is 23.4. The van der Waals surface area contributed by atoms with Crippen molar-refractivity contribution in [3.63, 3.8) is 0 Å². The summed E-state index contributed by atoms with van der Waals surface area (Å²) >= 11 is 0. The molecule has 0 spiro atoms. The normalized spacial score (nSPS) is 15.0. The van der Waals surface area contributed by atoms with E-state index >= 15 is 0 Å². The quantitative estimate of drug-likeness (QED) is 0.178. The fraction of sp³-hybridized carbons (Fsp3) is 0.250. The van der Waals surface area contributed by atoms with E-state index in [1.165, 1.54) is 83.2 Å². The third kappa shape index (κ3) is 5.30. The minimum atomic E-state index is -0.277. The van der Waals surface area contributed by atoms with E-state index in [2.05, 4.69) is 214 Å². The molecule has 0 atom stereocenters. The van der Waals surface area contributed by atoms with E-state index in [-0.39, 0.29) is 21.7 Å². The predicted octanol–water partition coefficient (Wildman–Crippen LogP) is 15.9. The molecule has 0 unspecified atom stereocenters. The standard InChI is InChI=1S/C56H53NO/c1-53(2,3)36-31-42-50-48(58-52(42)46(32-36)54(4,5)6)30-29-41-49-44(56(9,10)51(41)50)21-16-22-47(49)57(37-25-23-35(24-26-37)34-17-12-11-13-18-34)38-27-28-40-39-19-14-15-20-43(39)55(7,8)45(40)33-38/h11-33H,1-10H3. The minimum Gasteiger partial charge on any atom is -0.456 e. The molecule has 2 heteroatoms. The summed E-state index contributed by atoms with van der Waals surface area (Å²) in [6, 6.07) is 52.2. The summed E-state index contributed by atoms with van der Waals surface area (Å²) in [7, 11) is 0. The lowest BCUT2D eigenvalue weighted by molar-refractivity contribution is 0.559. The maximum Gasteiger partial charge on any atom is 0.139 e. The summed E-state index contributed by atoms with van der Waals surface area (Å²) in [4.78, 5) is 2.51. The second-order valence-corrected chi connectivity index (χ2v) is 19.8. The van der Waals surface area contributed by atoms with Crippen LogP contribution >= 0.6 is 0 Å². The van der Waals surface area contributed by atoms with Crippen LogP contribution in [0.1, 0.15) is 103 Å². The van der Waals surface area contributed by atoms with Gasteiger partial charge in [-0.3, -0.25) is 0 Å². The van der Waals surface area contributed by atoms with Crippen LogP contribution in [0.3, 0.4) is 0 Å². The Balaban J connectivity index is 1.23. The first-order valence-corrected chi connectivity index (χ1v) is 20.9. The summed E-state index contributed by atoms with van der Waals surface area (Å²) in [6.07, 6.45) is 0. The van der Waals surface area contributed by atoms with Crippen LogP contribution in [0, 0.1) is 0 Å². The van der Waals surface area contributed by atoms with Crippen molar-refractivity contribution in [3.8, 4) is 33.4 Å². The lowest BCUT2D eigenvalue weighted by Crippen LogP contribution is -2.18. The van der Waals surface area contributed by atoms with Crippen LogP contribution in [0.25, 0.3) is 55.3 Å². The molecular formula is C56H53NO. The second kappa shape index (κ2) is 12.3. The smallest absolute Gasteiger partial charge is 0.139 e. The minimum absolute atomic E-state index is 0.0102. The second-order valence-electron chi connectivity index (χ2n) is 19.8. The van der Waals surface area contributed by atoms with Gasteiger partial charge in [0.2, 0.25) is 0 Å². The lowest BCUT2D eigenvalue weighted by Gasteiger charge is -2.30. The van der Waals surface area contributed by atoms with Gasteiger partial charge in [0.05, 0.1) is 5.69 Å². The summed E-state index contributed by atoms with van der Waals surface area (Å²) in [5.41, 5.74) is 20.7. The Bertz CT molecular complexity index is 2940. The van der Waals surface area contributed by atoms with E-state index in [1.54, 1.807) is 0 Å². The number of fused-ring (bicyclic) bond motifs is 10. The first-order valence-electron chi connectivity index (χ1n) is 20.9. The Labute approximate surface area is 344 Å². The van der Waals surface area contributed by atoms with Gasteiger partial charge >= 0.3 is 0 Å². The maximum atomic E-state index is 6.94. The largest absolute Gasteiger partial charge is 0.456 e. The van der Waals surface area contributed by atoms with Gasteiger partial charge in [0.1, 0.15) is 11.2 Å². The zero-order valence-corrected chi connectivity index (χ0v) is 35.6. The van der Waals surface area contributed by atoms with Gasteiger partial charge in [-0.1, -0.05) is 166 Å². The third-order valence-corrected chi connectivity index (χ3v) is 13.3. The highest BCUT2D eigenvalue weighted by atomic mass is 16.3. The van der Waals surface area contributed by atoms with Crippen LogP contribution in [0.5, 0.6) is 0 Å². The highest BCUT2D eigenvalue weighted by Crippen LogP contribution is 2.58. The summed E-state index contributed by atoms with van der Waals surface area (Å²) in [5.74, 6) is 0. The van der Waals surface area contributed by atoms with E-state index in [4.69, 9.17) is 4.42 Å².